The standard InChI is InChI=1S/C11H14Cl2N5O5P/c1-4-17-6-9(14)15-3-16-10(6)18(4)11-8(20)7(19)5(23-11)2-22-24(12,13)21/h3,5,7-8,11,19-20H,2H2,1H3,(H2,14,15,16)/t5-,7?,8+,11-/m1/s1. The van der Waals surface area contributed by atoms with E-state index in [2.05, 4.69) is 15.0 Å². The lowest BCUT2D eigenvalue weighted by atomic mass is 10.1. The molecule has 1 aliphatic rings. The van der Waals surface area contributed by atoms with Crippen LogP contribution in [0.4, 0.5) is 5.82 Å². The highest BCUT2D eigenvalue weighted by molar-refractivity contribution is 8.05. The molecule has 3 rings (SSSR count). The predicted molar refractivity (Wildman–Crippen MR) is 85.7 cm³/mol. The third kappa shape index (κ3) is 3.23. The van der Waals surface area contributed by atoms with Crippen molar-refractivity contribution in [3.63, 3.8) is 0 Å². The molecule has 0 spiro atoms. The average Bonchev–Trinajstić information content (AvgIpc) is 2.96. The molecule has 0 radical (unpaired) electrons. The van der Waals surface area contributed by atoms with E-state index < -0.39 is 30.6 Å². The number of aryl methyl sites for hydroxylation is 1. The first kappa shape index (κ1) is 17.8. The number of hydrogen-bond acceptors (Lipinski definition) is 9. The van der Waals surface area contributed by atoms with Gasteiger partial charge in [0.15, 0.2) is 23.2 Å². The first-order chi connectivity index (χ1) is 11.2. The molecule has 1 saturated heterocycles. The third-order valence-electron chi connectivity index (χ3n) is 3.66. The van der Waals surface area contributed by atoms with Crippen molar-refractivity contribution in [2.45, 2.75) is 31.5 Å². The molecule has 24 heavy (non-hydrogen) atoms. The van der Waals surface area contributed by atoms with Crippen molar-refractivity contribution in [2.75, 3.05) is 12.3 Å². The molecule has 2 aromatic rings. The van der Waals surface area contributed by atoms with Gasteiger partial charge in [0.2, 0.25) is 0 Å². The molecule has 0 saturated carbocycles. The Balaban J connectivity index is 1.92. The second kappa shape index (κ2) is 6.38. The van der Waals surface area contributed by atoms with Crippen molar-refractivity contribution in [1.29, 1.82) is 0 Å². The molecule has 1 fully saturated rings. The minimum Gasteiger partial charge on any atom is -0.387 e. The third-order valence-corrected chi connectivity index (χ3v) is 4.70. The zero-order chi connectivity index (χ0) is 17.6. The summed E-state index contributed by atoms with van der Waals surface area (Å²) in [7, 11) is 0. The van der Waals surface area contributed by atoms with Crippen LogP contribution in [0.1, 0.15) is 12.1 Å². The van der Waals surface area contributed by atoms with Gasteiger partial charge < -0.3 is 25.2 Å². The predicted octanol–water partition coefficient (Wildman–Crippen LogP) is 0.938. The summed E-state index contributed by atoms with van der Waals surface area (Å²) in [5, 5.41) is 20.4. The van der Waals surface area contributed by atoms with Gasteiger partial charge in [-0.2, -0.15) is 0 Å². The quantitative estimate of drug-likeness (QED) is 0.641. The fraction of sp³-hybridized carbons (Fsp3) is 0.545. The monoisotopic (exact) mass is 397 g/mol. The van der Waals surface area contributed by atoms with Crippen LogP contribution in [0.15, 0.2) is 6.33 Å². The largest absolute Gasteiger partial charge is 0.387 e. The van der Waals surface area contributed by atoms with Crippen LogP contribution in [0.3, 0.4) is 0 Å². The number of halogens is 2. The lowest BCUT2D eigenvalue weighted by Crippen LogP contribution is -2.33. The maximum Gasteiger partial charge on any atom is 0.380 e. The Labute approximate surface area is 145 Å². The molecular formula is C11H14Cl2N5O5P. The number of anilines is 1. The van der Waals surface area contributed by atoms with Crippen molar-refractivity contribution in [3.05, 3.63) is 12.2 Å². The molecule has 0 aromatic carbocycles. The highest BCUT2D eigenvalue weighted by Crippen LogP contribution is 2.57. The topological polar surface area (TPSA) is 146 Å². The van der Waals surface area contributed by atoms with Crippen LogP contribution < -0.4 is 5.73 Å². The van der Waals surface area contributed by atoms with Crippen molar-refractivity contribution in [2.24, 2.45) is 0 Å². The SMILES string of the molecule is Cc1nc2c(N)ncnc2n1[C@@H]1O[C@H](COP(=O)(Cl)Cl)C(O)[C@@H]1O. The number of rotatable bonds is 4. The number of fused-ring (bicyclic) bond motifs is 1. The number of aliphatic hydroxyl groups excluding tert-OH is 2. The summed E-state index contributed by atoms with van der Waals surface area (Å²) >= 11 is 10.6. The number of ether oxygens (including phenoxy) is 1. The number of imidazole rings is 1. The Morgan fingerprint density at radius 3 is 2.79 bits per heavy atom. The van der Waals surface area contributed by atoms with Gasteiger partial charge in [0.25, 0.3) is 0 Å². The van der Waals surface area contributed by atoms with E-state index in [4.69, 9.17) is 37.5 Å². The summed E-state index contributed by atoms with van der Waals surface area (Å²) in [6.07, 6.45) is -7.15. The van der Waals surface area contributed by atoms with Crippen LogP contribution in [0.25, 0.3) is 11.2 Å². The maximum atomic E-state index is 11.2. The zero-order valence-electron chi connectivity index (χ0n) is 12.3. The van der Waals surface area contributed by atoms with Crippen LogP contribution in [0.2, 0.25) is 0 Å². The molecule has 13 heteroatoms. The average molecular weight is 398 g/mol. The Kier molecular flexibility index (Phi) is 4.73. The van der Waals surface area contributed by atoms with Crippen molar-refractivity contribution < 1.29 is 24.0 Å². The maximum absolute atomic E-state index is 11.2. The Bertz CT molecular complexity index is 813. The molecule has 3 heterocycles. The lowest BCUT2D eigenvalue weighted by molar-refractivity contribution is -0.0474. The first-order valence-corrected chi connectivity index (χ1v) is 10.2. The summed E-state index contributed by atoms with van der Waals surface area (Å²) in [6, 6.07) is 0. The molecule has 10 nitrogen and oxygen atoms in total. The summed E-state index contributed by atoms with van der Waals surface area (Å²) in [5.74, 6) is 0.635. The number of nitrogens with two attached hydrogens (primary N) is 1. The molecule has 4 N–H and O–H groups in total. The van der Waals surface area contributed by atoms with Crippen LogP contribution >= 0.6 is 28.6 Å². The number of nitrogens with zero attached hydrogens (tertiary/aromatic N) is 4. The van der Waals surface area contributed by atoms with Gasteiger partial charge in [0, 0.05) is 0 Å². The van der Waals surface area contributed by atoms with Crippen LogP contribution in [0, 0.1) is 6.92 Å². The van der Waals surface area contributed by atoms with Crippen molar-refractivity contribution in [1.82, 2.24) is 19.5 Å². The second-order valence-corrected chi connectivity index (χ2v) is 9.49. The fourth-order valence-electron chi connectivity index (χ4n) is 2.58. The van der Waals surface area contributed by atoms with Crippen LogP contribution in [-0.2, 0) is 13.8 Å². The van der Waals surface area contributed by atoms with E-state index in [1.165, 1.54) is 10.9 Å². The molecule has 0 bridgehead atoms. The highest BCUT2D eigenvalue weighted by Gasteiger charge is 2.45. The molecule has 4 atom stereocenters. The molecule has 1 aliphatic heterocycles. The van der Waals surface area contributed by atoms with Crippen LogP contribution in [0.5, 0.6) is 0 Å². The smallest absolute Gasteiger partial charge is 0.380 e. The lowest BCUT2D eigenvalue weighted by Gasteiger charge is -2.18. The Hall–Kier alpha value is -1.00. The van der Waals surface area contributed by atoms with E-state index in [1.54, 1.807) is 6.92 Å². The van der Waals surface area contributed by atoms with E-state index in [1.807, 2.05) is 0 Å². The normalized spacial score (nSPS) is 27.9. The Morgan fingerprint density at radius 1 is 1.42 bits per heavy atom. The van der Waals surface area contributed by atoms with E-state index in [0.717, 1.165) is 0 Å². The van der Waals surface area contributed by atoms with Gasteiger partial charge in [-0.15, -0.1) is 0 Å². The molecule has 132 valence electrons. The molecule has 2 aromatic heterocycles. The van der Waals surface area contributed by atoms with Gasteiger partial charge in [-0.3, -0.25) is 9.13 Å². The fourth-order valence-corrected chi connectivity index (χ4v) is 3.24. The summed E-state index contributed by atoms with van der Waals surface area (Å²) in [6.45, 7) is 1.31. The van der Waals surface area contributed by atoms with Gasteiger partial charge in [0.05, 0.1) is 6.61 Å². The summed E-state index contributed by atoms with van der Waals surface area (Å²) in [4.78, 5) is 12.2. The highest BCUT2D eigenvalue weighted by atomic mass is 35.9. The minimum atomic E-state index is -3.78. The van der Waals surface area contributed by atoms with Gasteiger partial charge in [-0.05, 0) is 29.4 Å². The molecule has 0 aliphatic carbocycles. The van der Waals surface area contributed by atoms with E-state index in [0.29, 0.717) is 17.0 Å². The van der Waals surface area contributed by atoms with Gasteiger partial charge in [0.1, 0.15) is 30.5 Å². The van der Waals surface area contributed by atoms with Crippen molar-refractivity contribution >= 4 is 45.5 Å². The number of aliphatic hydroxyl groups is 2. The van der Waals surface area contributed by atoms with Crippen molar-refractivity contribution in [3.8, 4) is 0 Å². The minimum absolute atomic E-state index is 0.181. The van der Waals surface area contributed by atoms with E-state index in [-0.39, 0.29) is 12.4 Å². The second-order valence-electron chi connectivity index (χ2n) is 5.22. The Morgan fingerprint density at radius 2 is 2.12 bits per heavy atom. The van der Waals surface area contributed by atoms with Gasteiger partial charge >= 0.3 is 6.07 Å². The zero-order valence-corrected chi connectivity index (χ0v) is 14.7. The molecule has 0 amide bonds. The molecular weight excluding hydrogens is 384 g/mol. The number of nitrogen functional groups attached to an aromatic ring is 1. The summed E-state index contributed by atoms with van der Waals surface area (Å²) < 4.78 is 23.1. The van der Waals surface area contributed by atoms with Gasteiger partial charge in [-0.1, -0.05) is 0 Å². The molecule has 1 unspecified atom stereocenters. The first-order valence-electron chi connectivity index (χ1n) is 6.79. The number of aromatic nitrogens is 4. The summed E-state index contributed by atoms with van der Waals surface area (Å²) in [5.41, 5.74) is 6.46. The van der Waals surface area contributed by atoms with Crippen LogP contribution in [-0.4, -0.2) is 54.7 Å². The number of hydrogen-bond donors (Lipinski definition) is 3. The van der Waals surface area contributed by atoms with Gasteiger partial charge in [-0.25, -0.2) is 15.0 Å². The van der Waals surface area contributed by atoms with E-state index >= 15 is 0 Å². The van der Waals surface area contributed by atoms with E-state index in [9.17, 15) is 14.8 Å².